The summed E-state index contributed by atoms with van der Waals surface area (Å²) in [5.41, 5.74) is 2.04. The molecule has 1 saturated carbocycles. The van der Waals surface area contributed by atoms with Gasteiger partial charge < -0.3 is 10.6 Å². The molecule has 0 bridgehead atoms. The summed E-state index contributed by atoms with van der Waals surface area (Å²) in [4.78, 5) is 26.9. The smallest absolute Gasteiger partial charge is 0.253 e. The van der Waals surface area contributed by atoms with E-state index < -0.39 is 40.9 Å². The topological polar surface area (TPSA) is 104 Å². The van der Waals surface area contributed by atoms with Gasteiger partial charge in [0, 0.05) is 6.04 Å². The van der Waals surface area contributed by atoms with Gasteiger partial charge in [0.05, 0.1) is 17.0 Å². The Morgan fingerprint density at radius 3 is 1.60 bits per heavy atom. The van der Waals surface area contributed by atoms with Gasteiger partial charge in [-0.05, 0) is 80.1 Å². The molecule has 0 spiro atoms. The van der Waals surface area contributed by atoms with Crippen LogP contribution in [0.5, 0.6) is 0 Å². The molecule has 6 aromatic rings. The van der Waals surface area contributed by atoms with Gasteiger partial charge in [-0.2, -0.15) is 0 Å². The first-order valence-corrected chi connectivity index (χ1v) is 21.1. The summed E-state index contributed by atoms with van der Waals surface area (Å²) in [5, 5.41) is 9.56. The quantitative estimate of drug-likeness (QED) is 0.0787. The number of rotatable bonds is 14. The lowest BCUT2D eigenvalue weighted by atomic mass is 9.93. The molecule has 9 heteroatoms. The van der Waals surface area contributed by atoms with Crippen LogP contribution < -0.4 is 36.8 Å². The Morgan fingerprint density at radius 2 is 1.08 bits per heavy atom. The van der Waals surface area contributed by atoms with Crippen molar-refractivity contribution in [3.63, 3.8) is 0 Å². The van der Waals surface area contributed by atoms with E-state index in [-0.39, 0.29) is 28.2 Å². The van der Waals surface area contributed by atoms with Crippen molar-refractivity contribution in [3.05, 3.63) is 183 Å². The number of aryl methyl sites for hydroxylation is 1. The Morgan fingerprint density at radius 1 is 0.604 bits per heavy atom. The maximum absolute atomic E-state index is 13.9. The molecule has 0 aromatic heterocycles. The molecule has 53 heavy (non-hydrogen) atoms. The highest BCUT2D eigenvalue weighted by Gasteiger charge is 2.40. The molecule has 1 aliphatic carbocycles. The molecular formula is C44H44N3O4PS. The number of nitrogens with one attached hydrogen (secondary N) is 3. The van der Waals surface area contributed by atoms with E-state index in [0.29, 0.717) is 11.2 Å². The Hall–Kier alpha value is -4.88. The van der Waals surface area contributed by atoms with Crippen LogP contribution in [0.2, 0.25) is 0 Å². The van der Waals surface area contributed by atoms with Gasteiger partial charge in [-0.25, -0.2) is 13.1 Å². The van der Waals surface area contributed by atoms with Crippen LogP contribution in [0.4, 0.5) is 11.4 Å². The minimum atomic E-state index is -4.00. The van der Waals surface area contributed by atoms with Gasteiger partial charge in [-0.15, -0.1) is 0 Å². The van der Waals surface area contributed by atoms with Crippen molar-refractivity contribution in [1.29, 1.82) is 0 Å². The third kappa shape index (κ3) is 7.91. The first kappa shape index (κ1) is 36.5. The first-order valence-electron chi connectivity index (χ1n) is 18.2. The van der Waals surface area contributed by atoms with Crippen LogP contribution in [0.15, 0.2) is 160 Å². The summed E-state index contributed by atoms with van der Waals surface area (Å²) in [6.45, 7) is 4.02. The highest BCUT2D eigenvalue weighted by atomic mass is 32.2. The molecule has 1 aliphatic rings. The molecule has 6 aromatic carbocycles. The van der Waals surface area contributed by atoms with Gasteiger partial charge in [-0.3, -0.25) is 9.59 Å². The second-order valence-corrected chi connectivity index (χ2v) is 18.0. The van der Waals surface area contributed by atoms with E-state index >= 15 is 0 Å². The summed E-state index contributed by atoms with van der Waals surface area (Å²) >= 11 is 0. The fourth-order valence-electron chi connectivity index (χ4n) is 7.70. The third-order valence-electron chi connectivity index (χ3n) is 10.4. The minimum absolute atomic E-state index is 0.0936. The molecule has 2 unspecified atom stereocenters. The average Bonchev–Trinajstić information content (AvgIpc) is 3.68. The van der Waals surface area contributed by atoms with Crippen molar-refractivity contribution >= 4 is 39.9 Å². The normalized spacial score (nSPS) is 17.7. The Kier molecular flexibility index (Phi) is 11.0. The average molecular weight is 742 g/mol. The van der Waals surface area contributed by atoms with Gasteiger partial charge in [0.15, 0.2) is 0 Å². The molecule has 3 N–H and O–H groups in total. The second kappa shape index (κ2) is 16.0. The van der Waals surface area contributed by atoms with Crippen molar-refractivity contribution in [2.45, 2.75) is 61.8 Å². The molecule has 1 fully saturated rings. The molecule has 7 rings (SSSR count). The summed E-state index contributed by atoms with van der Waals surface area (Å²) < 4.78 is 30.8. The van der Waals surface area contributed by atoms with Crippen LogP contribution >= 0.6 is 7.92 Å². The summed E-state index contributed by atoms with van der Waals surface area (Å²) in [6.07, 6.45) is 3.19. The van der Waals surface area contributed by atoms with E-state index in [4.69, 9.17) is 0 Å². The monoisotopic (exact) mass is 741 g/mol. The molecule has 0 amide bonds. The van der Waals surface area contributed by atoms with Crippen LogP contribution in [0.1, 0.15) is 55.0 Å². The Labute approximate surface area is 313 Å². The van der Waals surface area contributed by atoms with Crippen LogP contribution in [0, 0.1) is 12.8 Å². The van der Waals surface area contributed by atoms with E-state index in [2.05, 4.69) is 82.9 Å². The lowest BCUT2D eigenvalue weighted by molar-refractivity contribution is 0.488. The zero-order valence-electron chi connectivity index (χ0n) is 29.9. The van der Waals surface area contributed by atoms with E-state index in [9.17, 15) is 18.0 Å². The van der Waals surface area contributed by atoms with Gasteiger partial charge in [0.2, 0.25) is 10.0 Å². The predicted octanol–water partition coefficient (Wildman–Crippen LogP) is 7.57. The van der Waals surface area contributed by atoms with Crippen molar-refractivity contribution in [2.24, 2.45) is 5.92 Å². The van der Waals surface area contributed by atoms with E-state index in [1.54, 1.807) is 24.3 Å². The highest BCUT2D eigenvalue weighted by Crippen LogP contribution is 2.51. The minimum Gasteiger partial charge on any atom is -0.377 e. The number of sulfonamides is 1. The first-order chi connectivity index (χ1) is 25.7. The highest BCUT2D eigenvalue weighted by molar-refractivity contribution is 7.89. The van der Waals surface area contributed by atoms with Crippen LogP contribution in [0.3, 0.4) is 0 Å². The fraction of sp³-hybridized carbons (Fsp3) is 0.227. The van der Waals surface area contributed by atoms with Gasteiger partial charge in [0.25, 0.3) is 10.9 Å². The maximum Gasteiger partial charge on any atom is 0.253 e. The maximum atomic E-state index is 13.9. The van der Waals surface area contributed by atoms with Crippen molar-refractivity contribution in [2.75, 3.05) is 10.6 Å². The van der Waals surface area contributed by atoms with E-state index in [1.165, 1.54) is 10.6 Å². The summed E-state index contributed by atoms with van der Waals surface area (Å²) in [5.74, 6) is 0.266. The van der Waals surface area contributed by atoms with Gasteiger partial charge >= 0.3 is 0 Å². The zero-order valence-corrected chi connectivity index (χ0v) is 31.6. The fourth-order valence-corrected chi connectivity index (χ4v) is 12.2. The SMILES string of the molecule is Cc1ccc(S(=O)(=O)N[C@@H](c2ccccc2)[C@@H](Nc2c(N[C@H](C)C3CCCC3P(c3ccccc3)c3ccccc3)c(=O)c2=O)c2ccccc2)cc1. The van der Waals surface area contributed by atoms with Crippen molar-refractivity contribution in [3.8, 4) is 0 Å². The summed E-state index contributed by atoms with van der Waals surface area (Å²) in [6, 6.07) is 45.2. The van der Waals surface area contributed by atoms with Crippen LogP contribution in [0.25, 0.3) is 0 Å². The summed E-state index contributed by atoms with van der Waals surface area (Å²) in [7, 11) is -4.67. The predicted molar refractivity (Wildman–Crippen MR) is 218 cm³/mol. The number of hydrogen-bond acceptors (Lipinski definition) is 6. The molecule has 270 valence electrons. The number of hydrogen-bond donors (Lipinski definition) is 3. The molecule has 5 atom stereocenters. The van der Waals surface area contributed by atoms with E-state index in [1.807, 2.05) is 67.6 Å². The van der Waals surface area contributed by atoms with Crippen molar-refractivity contribution < 1.29 is 8.42 Å². The Balaban J connectivity index is 1.21. The molecule has 0 aliphatic heterocycles. The van der Waals surface area contributed by atoms with Gasteiger partial charge in [0.1, 0.15) is 11.4 Å². The van der Waals surface area contributed by atoms with Gasteiger partial charge in [-0.1, -0.05) is 145 Å². The lowest BCUT2D eigenvalue weighted by Gasteiger charge is -2.35. The molecule has 0 heterocycles. The molecule has 0 radical (unpaired) electrons. The molecule has 7 nitrogen and oxygen atoms in total. The number of benzene rings is 5. The zero-order chi connectivity index (χ0) is 37.0. The van der Waals surface area contributed by atoms with Crippen molar-refractivity contribution in [1.82, 2.24) is 4.72 Å². The largest absolute Gasteiger partial charge is 0.377 e. The standard InChI is InChI=1S/C44H44N3O4PS/c1-30-26-28-36(29-27-30)53(50,51)47-40(33-18-9-4-10-19-33)39(32-16-7-3-8-17-32)46-42-41(43(48)44(42)49)45-31(2)37-24-15-25-38(37)52(34-20-11-5-12-21-34)35-22-13-6-14-23-35/h3-14,16-23,26-29,31,37-40,45-47H,15,24-25H2,1-2H3/t31-,37?,38?,39+,40+/m1/s1. The van der Waals surface area contributed by atoms with Crippen LogP contribution in [-0.4, -0.2) is 20.1 Å². The third-order valence-corrected chi connectivity index (χ3v) is 14.9. The second-order valence-electron chi connectivity index (χ2n) is 13.9. The Bertz CT molecular complexity index is 2260. The van der Waals surface area contributed by atoms with Crippen LogP contribution in [-0.2, 0) is 10.0 Å². The van der Waals surface area contributed by atoms with E-state index in [0.717, 1.165) is 30.4 Å². The lowest BCUT2D eigenvalue weighted by Crippen LogP contribution is -2.44. The molecular weight excluding hydrogens is 698 g/mol. The molecule has 0 saturated heterocycles. The number of anilines is 2.